The molecule has 3 aromatic carbocycles. The van der Waals surface area contributed by atoms with Gasteiger partial charge in [0.2, 0.25) is 0 Å². The maximum absolute atomic E-state index is 9.88. The van der Waals surface area contributed by atoms with Crippen molar-refractivity contribution in [1.82, 2.24) is 0 Å². The molecule has 1 aliphatic rings. The third kappa shape index (κ3) is 2.69. The number of phenols is 1. The predicted octanol–water partition coefficient (Wildman–Crippen LogP) is 3.98. The van der Waals surface area contributed by atoms with Gasteiger partial charge in [-0.2, -0.15) is 4.89 Å². The molecule has 128 valence electrons. The highest BCUT2D eigenvalue weighted by Gasteiger charge is 2.45. The van der Waals surface area contributed by atoms with Gasteiger partial charge < -0.3 is 5.11 Å². The zero-order chi connectivity index (χ0) is 18.0. The molecule has 0 saturated carbocycles. The Morgan fingerprint density at radius 1 is 0.731 bits per heavy atom. The second-order valence-electron chi connectivity index (χ2n) is 5.91. The first-order valence-electron chi connectivity index (χ1n) is 8.15. The quantitative estimate of drug-likeness (QED) is 0.555. The molecule has 2 N–H and O–H groups in total. The lowest BCUT2D eigenvalue weighted by Crippen LogP contribution is -2.34. The number of hydrogen-bond acceptors (Lipinski definition) is 5. The number of amidine groups is 1. The highest BCUT2D eigenvalue weighted by Crippen LogP contribution is 2.36. The Morgan fingerprint density at radius 3 is 1.96 bits per heavy atom. The van der Waals surface area contributed by atoms with E-state index in [2.05, 4.69) is 9.98 Å². The van der Waals surface area contributed by atoms with E-state index >= 15 is 0 Å². The number of phenolic OH excluding ortho intramolecular Hbond substituents is 1. The van der Waals surface area contributed by atoms with Gasteiger partial charge in [0, 0.05) is 16.7 Å². The van der Waals surface area contributed by atoms with Crippen molar-refractivity contribution in [3.05, 3.63) is 102 Å². The Morgan fingerprint density at radius 2 is 1.35 bits per heavy atom. The molecule has 0 saturated heterocycles. The van der Waals surface area contributed by atoms with Crippen molar-refractivity contribution in [3.8, 4) is 5.75 Å². The Balaban J connectivity index is 1.91. The van der Waals surface area contributed by atoms with Gasteiger partial charge in [-0.1, -0.05) is 60.7 Å². The van der Waals surface area contributed by atoms with Crippen LogP contribution >= 0.6 is 0 Å². The lowest BCUT2D eigenvalue weighted by molar-refractivity contribution is -0.302. The third-order valence-electron chi connectivity index (χ3n) is 4.27. The van der Waals surface area contributed by atoms with E-state index in [9.17, 15) is 10.4 Å². The number of aliphatic imine (C=N–C) groups is 2. The largest absolute Gasteiger partial charge is 0.508 e. The summed E-state index contributed by atoms with van der Waals surface area (Å²) in [4.78, 5) is 14.2. The molecule has 0 spiro atoms. The maximum atomic E-state index is 9.88. The molecule has 5 heteroatoms. The van der Waals surface area contributed by atoms with Crippen LogP contribution in [0.5, 0.6) is 5.75 Å². The van der Waals surface area contributed by atoms with Crippen molar-refractivity contribution >= 4 is 11.5 Å². The van der Waals surface area contributed by atoms with Crippen LogP contribution in [0.3, 0.4) is 0 Å². The predicted molar refractivity (Wildman–Crippen MR) is 99.5 cm³/mol. The van der Waals surface area contributed by atoms with E-state index < -0.39 is 5.72 Å². The smallest absolute Gasteiger partial charge is 0.262 e. The average Bonchev–Trinajstić information content (AvgIpc) is 3.11. The fourth-order valence-corrected chi connectivity index (χ4v) is 2.99. The standard InChI is InChI=1S/C21H16N2O3/c24-18-13-11-16(12-14-18)20-22-19(15-7-3-1-4-8-15)21(23-20,26-25)17-9-5-2-6-10-17/h1-14,24-25H. The molecular formula is C21H16N2O3. The molecule has 0 amide bonds. The van der Waals surface area contributed by atoms with Crippen LogP contribution in [-0.2, 0) is 10.6 Å². The van der Waals surface area contributed by atoms with Crippen LogP contribution < -0.4 is 0 Å². The second-order valence-corrected chi connectivity index (χ2v) is 5.91. The summed E-state index contributed by atoms with van der Waals surface area (Å²) in [6, 6.07) is 25.3. The molecule has 4 rings (SSSR count). The minimum Gasteiger partial charge on any atom is -0.508 e. The Bertz CT molecular complexity index is 967. The first-order valence-corrected chi connectivity index (χ1v) is 8.15. The molecule has 0 bridgehead atoms. The van der Waals surface area contributed by atoms with Crippen LogP contribution in [0.1, 0.15) is 16.7 Å². The lowest BCUT2D eigenvalue weighted by atomic mass is 9.93. The molecule has 1 unspecified atom stereocenters. The molecular weight excluding hydrogens is 328 g/mol. The lowest BCUT2D eigenvalue weighted by Gasteiger charge is -2.24. The van der Waals surface area contributed by atoms with Gasteiger partial charge in [0.1, 0.15) is 11.5 Å². The molecule has 26 heavy (non-hydrogen) atoms. The van der Waals surface area contributed by atoms with Gasteiger partial charge in [-0.05, 0) is 24.3 Å². The topological polar surface area (TPSA) is 74.4 Å². The van der Waals surface area contributed by atoms with E-state index in [-0.39, 0.29) is 5.75 Å². The first kappa shape index (κ1) is 16.2. The average molecular weight is 344 g/mol. The van der Waals surface area contributed by atoms with Gasteiger partial charge in [-0.3, -0.25) is 0 Å². The van der Waals surface area contributed by atoms with Crippen molar-refractivity contribution in [2.24, 2.45) is 9.98 Å². The monoisotopic (exact) mass is 344 g/mol. The van der Waals surface area contributed by atoms with Crippen LogP contribution in [0, 0.1) is 0 Å². The minimum atomic E-state index is -1.45. The van der Waals surface area contributed by atoms with Crippen molar-refractivity contribution in [3.63, 3.8) is 0 Å². The molecule has 0 aliphatic carbocycles. The van der Waals surface area contributed by atoms with E-state index in [0.29, 0.717) is 22.7 Å². The third-order valence-corrected chi connectivity index (χ3v) is 4.27. The van der Waals surface area contributed by atoms with E-state index in [1.54, 1.807) is 24.3 Å². The molecule has 3 aromatic rings. The summed E-state index contributed by atoms with van der Waals surface area (Å²) in [7, 11) is 0. The summed E-state index contributed by atoms with van der Waals surface area (Å²) >= 11 is 0. The summed E-state index contributed by atoms with van der Waals surface area (Å²) in [6.45, 7) is 0. The van der Waals surface area contributed by atoms with Gasteiger partial charge >= 0.3 is 0 Å². The van der Waals surface area contributed by atoms with Crippen LogP contribution in [0.15, 0.2) is 94.9 Å². The van der Waals surface area contributed by atoms with Crippen LogP contribution in [0.25, 0.3) is 0 Å². The number of benzene rings is 3. The molecule has 5 nitrogen and oxygen atoms in total. The van der Waals surface area contributed by atoms with Crippen LogP contribution in [-0.4, -0.2) is 21.9 Å². The summed E-state index contributed by atoms with van der Waals surface area (Å²) in [5.41, 5.74) is 1.22. The SMILES string of the molecule is OOC1(c2ccccc2)N=C(c2ccc(O)cc2)N=C1c1ccccc1. The molecule has 1 atom stereocenters. The number of rotatable bonds is 4. The highest BCUT2D eigenvalue weighted by molar-refractivity contribution is 6.20. The Kier molecular flexibility index (Phi) is 4.08. The molecule has 1 heterocycles. The maximum Gasteiger partial charge on any atom is 0.262 e. The summed E-state index contributed by atoms with van der Waals surface area (Å²) in [5, 5.41) is 19.4. The minimum absolute atomic E-state index is 0.160. The summed E-state index contributed by atoms with van der Waals surface area (Å²) in [5.74, 6) is 0.578. The molecule has 0 aromatic heterocycles. The van der Waals surface area contributed by atoms with Gasteiger partial charge in [0.15, 0.2) is 5.84 Å². The van der Waals surface area contributed by atoms with E-state index in [1.165, 1.54) is 0 Å². The number of nitrogens with zero attached hydrogens (tertiary/aromatic N) is 2. The molecule has 1 aliphatic heterocycles. The Hall–Kier alpha value is -3.28. The summed E-state index contributed by atoms with van der Waals surface area (Å²) in [6.07, 6.45) is 0. The number of hydrogen-bond donors (Lipinski definition) is 2. The van der Waals surface area contributed by atoms with Crippen molar-refractivity contribution in [1.29, 1.82) is 0 Å². The van der Waals surface area contributed by atoms with Gasteiger partial charge in [-0.15, -0.1) is 0 Å². The zero-order valence-electron chi connectivity index (χ0n) is 13.8. The second kappa shape index (κ2) is 6.55. The fraction of sp³-hybridized carbons (Fsp3) is 0.0476. The van der Waals surface area contributed by atoms with E-state index in [1.807, 2.05) is 60.7 Å². The number of aromatic hydroxyl groups is 1. The Labute approximate surface area is 150 Å². The van der Waals surface area contributed by atoms with Gasteiger partial charge in [0.05, 0.1) is 0 Å². The molecule has 0 radical (unpaired) electrons. The van der Waals surface area contributed by atoms with Crippen LogP contribution in [0.4, 0.5) is 0 Å². The first-order chi connectivity index (χ1) is 12.7. The van der Waals surface area contributed by atoms with Crippen molar-refractivity contribution in [2.75, 3.05) is 0 Å². The summed E-state index contributed by atoms with van der Waals surface area (Å²) < 4.78 is 0. The van der Waals surface area contributed by atoms with Crippen LogP contribution in [0.2, 0.25) is 0 Å². The zero-order valence-corrected chi connectivity index (χ0v) is 13.8. The van der Waals surface area contributed by atoms with E-state index in [4.69, 9.17) is 4.89 Å². The van der Waals surface area contributed by atoms with Crippen molar-refractivity contribution < 1.29 is 15.3 Å². The molecule has 0 fully saturated rings. The van der Waals surface area contributed by atoms with Crippen molar-refractivity contribution in [2.45, 2.75) is 5.72 Å². The van der Waals surface area contributed by atoms with Gasteiger partial charge in [0.25, 0.3) is 5.72 Å². The van der Waals surface area contributed by atoms with E-state index in [0.717, 1.165) is 5.56 Å². The fourth-order valence-electron chi connectivity index (χ4n) is 2.99. The van der Waals surface area contributed by atoms with Gasteiger partial charge in [-0.25, -0.2) is 15.2 Å². The highest BCUT2D eigenvalue weighted by atomic mass is 17.1. The normalized spacial score (nSPS) is 19.1.